The van der Waals surface area contributed by atoms with Crippen LogP contribution in [-0.4, -0.2) is 31.7 Å². The summed E-state index contributed by atoms with van der Waals surface area (Å²) < 4.78 is 43.2. The Labute approximate surface area is 226 Å². The van der Waals surface area contributed by atoms with E-state index in [0.717, 1.165) is 44.6 Å². The van der Waals surface area contributed by atoms with Crippen LogP contribution in [0.4, 0.5) is 10.1 Å². The van der Waals surface area contributed by atoms with Crippen LogP contribution in [0.15, 0.2) is 88.9 Å². The van der Waals surface area contributed by atoms with Gasteiger partial charge in [-0.05, 0) is 87.5 Å². The molecular formula is C28H26ClFN4O3S. The van der Waals surface area contributed by atoms with Crippen LogP contribution < -0.4 is 9.73 Å². The predicted molar refractivity (Wildman–Crippen MR) is 148 cm³/mol. The zero-order valence-electron chi connectivity index (χ0n) is 21.0. The Balaban J connectivity index is 1.54. The van der Waals surface area contributed by atoms with Gasteiger partial charge in [0.2, 0.25) is 0 Å². The van der Waals surface area contributed by atoms with E-state index in [9.17, 15) is 17.6 Å². The fraction of sp³-hybridized carbons (Fsp3) is 0.143. The molecule has 7 nitrogen and oxygen atoms in total. The maximum Gasteiger partial charge on any atom is 0.264 e. The van der Waals surface area contributed by atoms with Crippen LogP contribution in [0.5, 0.6) is 0 Å². The van der Waals surface area contributed by atoms with Crippen molar-refractivity contribution in [3.05, 3.63) is 112 Å². The zero-order chi connectivity index (χ0) is 27.4. The molecule has 0 spiro atoms. The summed E-state index contributed by atoms with van der Waals surface area (Å²) in [5, 5.41) is 4.70. The second-order valence-corrected chi connectivity index (χ2v) is 11.0. The maximum absolute atomic E-state index is 13.4. The van der Waals surface area contributed by atoms with Gasteiger partial charge in [-0.25, -0.2) is 18.2 Å². The SMILES string of the molecule is Cc1ccc(N(CC(=O)N/N=C/c2cc(C)n(-c3ccc(Cl)cc3)c2C)S(=O)(=O)c2ccc(F)cc2)cc1. The van der Waals surface area contributed by atoms with Crippen molar-refractivity contribution in [2.24, 2.45) is 5.10 Å². The molecule has 0 bridgehead atoms. The Morgan fingerprint density at radius 1 is 1.00 bits per heavy atom. The number of hydrogen-bond donors (Lipinski definition) is 1. The topological polar surface area (TPSA) is 83.8 Å². The summed E-state index contributed by atoms with van der Waals surface area (Å²) in [6.45, 7) is 5.23. The molecule has 0 saturated heterocycles. The number of amides is 1. The summed E-state index contributed by atoms with van der Waals surface area (Å²) >= 11 is 6.01. The first-order chi connectivity index (χ1) is 18.1. The third kappa shape index (κ3) is 5.95. The van der Waals surface area contributed by atoms with E-state index in [4.69, 9.17) is 11.6 Å². The van der Waals surface area contributed by atoms with Crippen molar-refractivity contribution in [1.29, 1.82) is 0 Å². The molecule has 38 heavy (non-hydrogen) atoms. The molecule has 1 N–H and O–H groups in total. The maximum atomic E-state index is 13.4. The molecular weight excluding hydrogens is 527 g/mol. The number of halogens is 2. The monoisotopic (exact) mass is 552 g/mol. The van der Waals surface area contributed by atoms with Crippen molar-refractivity contribution in [2.75, 3.05) is 10.8 Å². The van der Waals surface area contributed by atoms with E-state index in [-0.39, 0.29) is 4.90 Å². The summed E-state index contributed by atoms with van der Waals surface area (Å²) in [7, 11) is -4.16. The quantitative estimate of drug-likeness (QED) is 0.230. The zero-order valence-corrected chi connectivity index (χ0v) is 22.6. The molecule has 0 saturated carbocycles. The van der Waals surface area contributed by atoms with Crippen molar-refractivity contribution in [1.82, 2.24) is 9.99 Å². The number of aryl methyl sites for hydroxylation is 2. The molecule has 0 atom stereocenters. The number of hydrogen-bond acceptors (Lipinski definition) is 4. The van der Waals surface area contributed by atoms with Crippen LogP contribution in [-0.2, 0) is 14.8 Å². The third-order valence-electron chi connectivity index (χ3n) is 5.96. The lowest BCUT2D eigenvalue weighted by Crippen LogP contribution is -2.39. The van der Waals surface area contributed by atoms with E-state index in [1.54, 1.807) is 24.3 Å². The lowest BCUT2D eigenvalue weighted by molar-refractivity contribution is -0.119. The van der Waals surface area contributed by atoms with Gasteiger partial charge in [-0.3, -0.25) is 9.10 Å². The first kappa shape index (κ1) is 27.1. The van der Waals surface area contributed by atoms with E-state index < -0.39 is 28.3 Å². The molecule has 196 valence electrons. The van der Waals surface area contributed by atoms with Gasteiger partial charge >= 0.3 is 0 Å². The molecule has 0 radical (unpaired) electrons. The number of sulfonamides is 1. The fourth-order valence-corrected chi connectivity index (χ4v) is 5.55. The molecule has 0 fully saturated rings. The number of nitrogens with zero attached hydrogens (tertiary/aromatic N) is 3. The van der Waals surface area contributed by atoms with E-state index >= 15 is 0 Å². The van der Waals surface area contributed by atoms with Crippen LogP contribution >= 0.6 is 11.6 Å². The molecule has 1 aromatic heterocycles. The number of carbonyl (C=O) groups is 1. The lowest BCUT2D eigenvalue weighted by atomic mass is 10.2. The summed E-state index contributed by atoms with van der Waals surface area (Å²) in [5.74, 6) is -1.20. The molecule has 1 heterocycles. The van der Waals surface area contributed by atoms with Crippen LogP contribution in [0.25, 0.3) is 5.69 Å². The highest BCUT2D eigenvalue weighted by Crippen LogP contribution is 2.24. The highest BCUT2D eigenvalue weighted by molar-refractivity contribution is 7.92. The van der Waals surface area contributed by atoms with E-state index in [0.29, 0.717) is 10.7 Å². The number of aromatic nitrogens is 1. The van der Waals surface area contributed by atoms with Gasteiger partial charge in [0.05, 0.1) is 16.8 Å². The van der Waals surface area contributed by atoms with Gasteiger partial charge in [-0.2, -0.15) is 5.10 Å². The van der Waals surface area contributed by atoms with Crippen molar-refractivity contribution >= 4 is 39.4 Å². The molecule has 0 aliphatic rings. The van der Waals surface area contributed by atoms with Crippen molar-refractivity contribution < 1.29 is 17.6 Å². The van der Waals surface area contributed by atoms with Gasteiger partial charge in [-0.15, -0.1) is 0 Å². The highest BCUT2D eigenvalue weighted by Gasteiger charge is 2.27. The minimum atomic E-state index is -4.16. The van der Waals surface area contributed by atoms with Gasteiger partial charge in [0.1, 0.15) is 12.4 Å². The number of hydrazone groups is 1. The normalized spacial score (nSPS) is 11.6. The molecule has 10 heteroatoms. The molecule has 0 aliphatic heterocycles. The molecule has 3 aromatic carbocycles. The average molecular weight is 553 g/mol. The van der Waals surface area contributed by atoms with Crippen LogP contribution in [0, 0.1) is 26.6 Å². The van der Waals surface area contributed by atoms with E-state index in [1.807, 2.05) is 55.7 Å². The Morgan fingerprint density at radius 2 is 1.63 bits per heavy atom. The van der Waals surface area contributed by atoms with Crippen LogP contribution in [0.3, 0.4) is 0 Å². The van der Waals surface area contributed by atoms with Crippen LogP contribution in [0.2, 0.25) is 5.02 Å². The van der Waals surface area contributed by atoms with Gasteiger partial charge in [0.25, 0.3) is 15.9 Å². The third-order valence-corrected chi connectivity index (χ3v) is 8.00. The van der Waals surface area contributed by atoms with Gasteiger partial charge in [0.15, 0.2) is 0 Å². The number of nitrogens with one attached hydrogen (secondary N) is 1. The highest BCUT2D eigenvalue weighted by atomic mass is 35.5. The Morgan fingerprint density at radius 3 is 2.26 bits per heavy atom. The Bertz CT molecular complexity index is 1580. The minimum absolute atomic E-state index is 0.134. The summed E-state index contributed by atoms with van der Waals surface area (Å²) in [4.78, 5) is 12.7. The molecule has 1 amide bonds. The second-order valence-electron chi connectivity index (χ2n) is 8.73. The van der Waals surface area contributed by atoms with Crippen molar-refractivity contribution in [3.8, 4) is 5.69 Å². The van der Waals surface area contributed by atoms with Gasteiger partial charge < -0.3 is 4.57 Å². The van der Waals surface area contributed by atoms with E-state index in [2.05, 4.69) is 10.5 Å². The predicted octanol–water partition coefficient (Wildman–Crippen LogP) is 5.54. The first-order valence-electron chi connectivity index (χ1n) is 11.7. The van der Waals surface area contributed by atoms with Crippen molar-refractivity contribution in [3.63, 3.8) is 0 Å². The average Bonchev–Trinajstić information content (AvgIpc) is 3.16. The number of anilines is 1. The largest absolute Gasteiger partial charge is 0.318 e. The number of carbonyl (C=O) groups excluding carboxylic acids is 1. The second kappa shape index (κ2) is 11.2. The first-order valence-corrected chi connectivity index (χ1v) is 13.5. The number of benzene rings is 3. The standard InChI is InChI=1S/C28H26ClFN4O3S/c1-19-4-10-25(11-5-19)33(38(36,37)27-14-8-24(30)9-15-27)18-28(35)32-31-17-22-16-20(2)34(21(22)3)26-12-6-23(29)7-13-26/h4-17H,18H2,1-3H3,(H,32,35)/b31-17+. The summed E-state index contributed by atoms with van der Waals surface area (Å²) in [6.07, 6.45) is 1.51. The smallest absolute Gasteiger partial charge is 0.264 e. The minimum Gasteiger partial charge on any atom is -0.318 e. The summed E-state index contributed by atoms with van der Waals surface area (Å²) in [6, 6.07) is 20.5. The number of rotatable bonds is 8. The van der Waals surface area contributed by atoms with E-state index in [1.165, 1.54) is 18.3 Å². The molecule has 0 aliphatic carbocycles. The fourth-order valence-electron chi connectivity index (χ4n) is 4.01. The Kier molecular flexibility index (Phi) is 7.99. The van der Waals surface area contributed by atoms with Crippen LogP contribution in [0.1, 0.15) is 22.5 Å². The lowest BCUT2D eigenvalue weighted by Gasteiger charge is -2.23. The van der Waals surface area contributed by atoms with Crippen molar-refractivity contribution in [2.45, 2.75) is 25.7 Å². The summed E-state index contributed by atoms with van der Waals surface area (Å²) in [5.41, 5.74) is 7.24. The molecule has 4 rings (SSSR count). The molecule has 4 aromatic rings. The Hall–Kier alpha value is -3.95. The van der Waals surface area contributed by atoms with Gasteiger partial charge in [-0.1, -0.05) is 29.3 Å². The molecule has 0 unspecified atom stereocenters. The van der Waals surface area contributed by atoms with Gasteiger partial charge in [0, 0.05) is 27.7 Å².